The first kappa shape index (κ1) is 17.3. The number of rotatable bonds is 9. The van der Waals surface area contributed by atoms with E-state index in [1.54, 1.807) is 7.11 Å². The van der Waals surface area contributed by atoms with Crippen LogP contribution in [0.5, 0.6) is 5.75 Å². The summed E-state index contributed by atoms with van der Waals surface area (Å²) in [7, 11) is 5.09. The number of nitrogens with one attached hydrogen (secondary N) is 1. The molecule has 0 aliphatic heterocycles. The average molecular weight is 294 g/mol. The molecule has 0 aliphatic rings. The molecule has 21 heavy (non-hydrogen) atoms. The van der Waals surface area contributed by atoms with Gasteiger partial charge in [0, 0.05) is 19.3 Å². The molecule has 0 aliphatic carbocycles. The summed E-state index contributed by atoms with van der Waals surface area (Å²) in [4.78, 5) is 13.8. The number of ether oxygens (including phenoxy) is 2. The van der Waals surface area contributed by atoms with Gasteiger partial charge in [-0.25, -0.2) is 0 Å². The highest BCUT2D eigenvalue weighted by atomic mass is 16.5. The van der Waals surface area contributed by atoms with Crippen molar-refractivity contribution in [2.24, 2.45) is 0 Å². The highest BCUT2D eigenvalue weighted by Crippen LogP contribution is 2.18. The Morgan fingerprint density at radius 2 is 1.95 bits per heavy atom. The molecule has 0 fully saturated rings. The lowest BCUT2D eigenvalue weighted by Gasteiger charge is -2.23. The van der Waals surface area contributed by atoms with Crippen LogP contribution in [-0.4, -0.2) is 46.4 Å². The van der Waals surface area contributed by atoms with Crippen LogP contribution in [0.3, 0.4) is 0 Å². The lowest BCUT2D eigenvalue weighted by Crippen LogP contribution is -2.40. The van der Waals surface area contributed by atoms with Gasteiger partial charge >= 0.3 is 5.97 Å². The molecule has 1 aromatic rings. The molecule has 0 heterocycles. The number of carbonyl (C=O) groups is 1. The summed E-state index contributed by atoms with van der Waals surface area (Å²) in [5.41, 5.74) is 1.09. The molecular weight excluding hydrogens is 268 g/mol. The highest BCUT2D eigenvalue weighted by Gasteiger charge is 2.18. The predicted molar refractivity (Wildman–Crippen MR) is 85.0 cm³/mol. The summed E-state index contributed by atoms with van der Waals surface area (Å²) < 4.78 is 9.99. The number of esters is 1. The van der Waals surface area contributed by atoms with Crippen molar-refractivity contribution in [2.75, 3.05) is 39.3 Å². The molecule has 5 nitrogen and oxygen atoms in total. The van der Waals surface area contributed by atoms with Crippen LogP contribution >= 0.6 is 0 Å². The van der Waals surface area contributed by atoms with Crippen molar-refractivity contribution in [1.29, 1.82) is 0 Å². The molecule has 0 saturated carbocycles. The molecule has 0 bridgehead atoms. The third-order valence-electron chi connectivity index (χ3n) is 3.39. The standard InChI is InChI=1S/C16H26N2O3/c1-5-11-17-15(16(19)21-4)10-12-18(2)13-6-8-14(20-3)9-7-13/h6-9,15,17H,5,10-12H2,1-4H3. The third-order valence-corrected chi connectivity index (χ3v) is 3.39. The van der Waals surface area contributed by atoms with Crippen LogP contribution in [0.15, 0.2) is 24.3 Å². The Hall–Kier alpha value is -1.75. The Labute approximate surface area is 127 Å². The summed E-state index contributed by atoms with van der Waals surface area (Å²) in [5, 5.41) is 3.22. The summed E-state index contributed by atoms with van der Waals surface area (Å²) in [5.74, 6) is 0.635. The van der Waals surface area contributed by atoms with E-state index < -0.39 is 0 Å². The zero-order valence-electron chi connectivity index (χ0n) is 13.4. The van der Waals surface area contributed by atoms with Gasteiger partial charge in [0.05, 0.1) is 14.2 Å². The van der Waals surface area contributed by atoms with Crippen molar-refractivity contribution in [3.8, 4) is 5.75 Å². The quantitative estimate of drug-likeness (QED) is 0.707. The summed E-state index contributed by atoms with van der Waals surface area (Å²) in [6.07, 6.45) is 1.69. The first-order valence-electron chi connectivity index (χ1n) is 7.28. The van der Waals surface area contributed by atoms with Crippen LogP contribution in [-0.2, 0) is 9.53 Å². The topological polar surface area (TPSA) is 50.8 Å². The first-order chi connectivity index (χ1) is 10.1. The minimum atomic E-state index is -0.254. The number of benzene rings is 1. The van der Waals surface area contributed by atoms with Crippen LogP contribution in [0.2, 0.25) is 0 Å². The van der Waals surface area contributed by atoms with Crippen molar-refractivity contribution >= 4 is 11.7 Å². The molecule has 0 amide bonds. The largest absolute Gasteiger partial charge is 0.497 e. The zero-order chi connectivity index (χ0) is 15.7. The molecule has 1 N–H and O–H groups in total. The molecule has 118 valence electrons. The minimum Gasteiger partial charge on any atom is -0.497 e. The van der Waals surface area contributed by atoms with Gasteiger partial charge < -0.3 is 19.7 Å². The van der Waals surface area contributed by atoms with Gasteiger partial charge in [0.1, 0.15) is 11.8 Å². The Balaban J connectivity index is 2.54. The predicted octanol–water partition coefficient (Wildman–Crippen LogP) is 2.06. The number of nitrogens with zero attached hydrogens (tertiary/aromatic N) is 1. The summed E-state index contributed by atoms with van der Waals surface area (Å²) >= 11 is 0. The second kappa shape index (κ2) is 9.23. The smallest absolute Gasteiger partial charge is 0.322 e. The van der Waals surface area contributed by atoms with E-state index in [1.807, 2.05) is 31.3 Å². The van der Waals surface area contributed by atoms with Gasteiger partial charge in [-0.3, -0.25) is 4.79 Å². The van der Waals surface area contributed by atoms with Crippen LogP contribution in [0.4, 0.5) is 5.69 Å². The normalized spacial score (nSPS) is 11.8. The molecule has 0 aromatic heterocycles. The summed E-state index contributed by atoms with van der Waals surface area (Å²) in [6, 6.07) is 7.62. The van der Waals surface area contributed by atoms with Gasteiger partial charge in [0.2, 0.25) is 0 Å². The highest BCUT2D eigenvalue weighted by molar-refractivity contribution is 5.75. The molecule has 5 heteroatoms. The van der Waals surface area contributed by atoms with Gasteiger partial charge in [-0.15, -0.1) is 0 Å². The molecule has 0 saturated heterocycles. The molecule has 1 aromatic carbocycles. The van der Waals surface area contributed by atoms with E-state index in [0.717, 1.165) is 30.9 Å². The SMILES string of the molecule is CCCNC(CCN(C)c1ccc(OC)cc1)C(=O)OC. The second-order valence-electron chi connectivity index (χ2n) is 4.94. The number of methoxy groups -OCH3 is 2. The Morgan fingerprint density at radius 3 is 2.48 bits per heavy atom. The van der Waals surface area contributed by atoms with Gasteiger partial charge in [0.15, 0.2) is 0 Å². The Morgan fingerprint density at radius 1 is 1.29 bits per heavy atom. The molecular formula is C16H26N2O3. The summed E-state index contributed by atoms with van der Waals surface area (Å²) in [6.45, 7) is 3.65. The maximum Gasteiger partial charge on any atom is 0.322 e. The van der Waals surface area contributed by atoms with E-state index in [0.29, 0.717) is 6.42 Å². The first-order valence-corrected chi connectivity index (χ1v) is 7.28. The third kappa shape index (κ3) is 5.63. The van der Waals surface area contributed by atoms with E-state index in [1.165, 1.54) is 7.11 Å². The lowest BCUT2D eigenvalue weighted by atomic mass is 10.2. The lowest BCUT2D eigenvalue weighted by molar-refractivity contribution is -0.143. The number of hydrogen-bond donors (Lipinski definition) is 1. The monoisotopic (exact) mass is 294 g/mol. The molecule has 1 unspecified atom stereocenters. The van der Waals surface area contributed by atoms with Gasteiger partial charge in [-0.1, -0.05) is 6.92 Å². The zero-order valence-corrected chi connectivity index (χ0v) is 13.4. The van der Waals surface area contributed by atoms with Crippen molar-refractivity contribution in [1.82, 2.24) is 5.32 Å². The fourth-order valence-corrected chi connectivity index (χ4v) is 2.05. The molecule has 0 spiro atoms. The second-order valence-corrected chi connectivity index (χ2v) is 4.94. The average Bonchev–Trinajstić information content (AvgIpc) is 2.54. The van der Waals surface area contributed by atoms with Crippen molar-refractivity contribution < 1.29 is 14.3 Å². The number of anilines is 1. The van der Waals surface area contributed by atoms with Crippen molar-refractivity contribution in [2.45, 2.75) is 25.8 Å². The maximum atomic E-state index is 11.7. The number of hydrogen-bond acceptors (Lipinski definition) is 5. The van der Waals surface area contributed by atoms with E-state index in [-0.39, 0.29) is 12.0 Å². The van der Waals surface area contributed by atoms with E-state index in [9.17, 15) is 4.79 Å². The molecule has 1 atom stereocenters. The van der Waals surface area contributed by atoms with Crippen LogP contribution in [0, 0.1) is 0 Å². The van der Waals surface area contributed by atoms with E-state index in [2.05, 4.69) is 17.1 Å². The fraction of sp³-hybridized carbons (Fsp3) is 0.562. The minimum absolute atomic E-state index is 0.202. The van der Waals surface area contributed by atoms with E-state index >= 15 is 0 Å². The Kier molecular flexibility index (Phi) is 7.61. The van der Waals surface area contributed by atoms with Crippen LogP contribution in [0.1, 0.15) is 19.8 Å². The molecule has 0 radical (unpaired) electrons. The van der Waals surface area contributed by atoms with Crippen LogP contribution in [0.25, 0.3) is 0 Å². The number of carbonyl (C=O) groups excluding carboxylic acids is 1. The van der Waals surface area contributed by atoms with Gasteiger partial charge in [0.25, 0.3) is 0 Å². The van der Waals surface area contributed by atoms with Crippen molar-refractivity contribution in [3.05, 3.63) is 24.3 Å². The van der Waals surface area contributed by atoms with E-state index in [4.69, 9.17) is 9.47 Å². The maximum absolute atomic E-state index is 11.7. The van der Waals surface area contributed by atoms with Crippen molar-refractivity contribution in [3.63, 3.8) is 0 Å². The molecule has 1 rings (SSSR count). The van der Waals surface area contributed by atoms with Gasteiger partial charge in [-0.05, 0) is 43.7 Å². The Bertz CT molecular complexity index is 420. The van der Waals surface area contributed by atoms with Crippen LogP contribution < -0.4 is 15.0 Å². The fourth-order valence-electron chi connectivity index (χ4n) is 2.05. The van der Waals surface area contributed by atoms with Gasteiger partial charge in [-0.2, -0.15) is 0 Å².